The van der Waals surface area contributed by atoms with Gasteiger partial charge in [0.15, 0.2) is 0 Å². The van der Waals surface area contributed by atoms with Gasteiger partial charge in [0.05, 0.1) is 24.7 Å². The molecule has 5 nitrogen and oxygen atoms in total. The molecule has 1 rings (SSSR count). The van der Waals surface area contributed by atoms with Crippen molar-refractivity contribution < 1.29 is 18.3 Å². The second-order valence-electron chi connectivity index (χ2n) is 4.42. The Kier molecular flexibility index (Phi) is 7.23. The molecule has 116 valence electrons. The highest BCUT2D eigenvalue weighted by Gasteiger charge is 2.11. The van der Waals surface area contributed by atoms with Gasteiger partial charge in [-0.1, -0.05) is 11.8 Å². The molecule has 2 N–H and O–H groups in total. The lowest BCUT2D eigenvalue weighted by Gasteiger charge is -2.10. The molecule has 21 heavy (non-hydrogen) atoms. The van der Waals surface area contributed by atoms with Crippen molar-refractivity contribution in [3.05, 3.63) is 29.3 Å². The van der Waals surface area contributed by atoms with E-state index >= 15 is 0 Å². The third-order valence-electron chi connectivity index (χ3n) is 2.66. The molecule has 6 heteroatoms. The third kappa shape index (κ3) is 6.63. The molecule has 0 aliphatic carbocycles. The van der Waals surface area contributed by atoms with Crippen molar-refractivity contribution >= 4 is 15.7 Å². The van der Waals surface area contributed by atoms with Crippen LogP contribution in [0.25, 0.3) is 0 Å². The van der Waals surface area contributed by atoms with Gasteiger partial charge >= 0.3 is 0 Å². The minimum atomic E-state index is -3.41. The third-order valence-corrected chi connectivity index (χ3v) is 3.90. The summed E-state index contributed by atoms with van der Waals surface area (Å²) in [5.74, 6) is 5.67. The SMILES string of the molecule is CCOCCS(=O)(=O)Nc1ccc(C#CCCO)cc1C. The Morgan fingerprint density at radius 1 is 1.38 bits per heavy atom. The molecule has 0 radical (unpaired) electrons. The summed E-state index contributed by atoms with van der Waals surface area (Å²) in [5, 5.41) is 8.67. The molecule has 0 aliphatic rings. The number of hydrogen-bond donors (Lipinski definition) is 2. The molecule has 0 fully saturated rings. The quantitative estimate of drug-likeness (QED) is 0.591. The van der Waals surface area contributed by atoms with Gasteiger partial charge in [-0.15, -0.1) is 0 Å². The highest BCUT2D eigenvalue weighted by Crippen LogP contribution is 2.17. The summed E-state index contributed by atoms with van der Waals surface area (Å²) < 4.78 is 31.3. The van der Waals surface area contributed by atoms with E-state index in [1.165, 1.54) is 0 Å². The van der Waals surface area contributed by atoms with Crippen LogP contribution in [0.3, 0.4) is 0 Å². The number of hydrogen-bond acceptors (Lipinski definition) is 4. The van der Waals surface area contributed by atoms with Gasteiger partial charge in [0.25, 0.3) is 0 Å². The van der Waals surface area contributed by atoms with Crippen molar-refractivity contribution in [2.75, 3.05) is 30.3 Å². The van der Waals surface area contributed by atoms with Crippen molar-refractivity contribution in [3.63, 3.8) is 0 Å². The average Bonchev–Trinajstić information content (AvgIpc) is 2.42. The zero-order valence-electron chi connectivity index (χ0n) is 12.3. The first-order valence-corrected chi connectivity index (χ1v) is 8.42. The first-order valence-electron chi connectivity index (χ1n) is 6.77. The largest absolute Gasteiger partial charge is 0.395 e. The van der Waals surface area contributed by atoms with Gasteiger partial charge in [0, 0.05) is 18.6 Å². The van der Waals surface area contributed by atoms with Gasteiger partial charge < -0.3 is 9.84 Å². The van der Waals surface area contributed by atoms with Gasteiger partial charge in [0.1, 0.15) is 0 Å². The maximum Gasteiger partial charge on any atom is 0.235 e. The van der Waals surface area contributed by atoms with Crippen LogP contribution >= 0.6 is 0 Å². The van der Waals surface area contributed by atoms with Crippen molar-refractivity contribution in [2.45, 2.75) is 20.3 Å². The molecular weight excluding hydrogens is 290 g/mol. The molecule has 0 atom stereocenters. The first kappa shape index (κ1) is 17.5. The van der Waals surface area contributed by atoms with Crippen LogP contribution in [0, 0.1) is 18.8 Å². The molecule has 1 aromatic rings. The second-order valence-corrected chi connectivity index (χ2v) is 6.26. The molecule has 1 aromatic carbocycles. The summed E-state index contributed by atoms with van der Waals surface area (Å²) in [4.78, 5) is 0. The number of rotatable bonds is 7. The van der Waals surface area contributed by atoms with Crippen LogP contribution in [-0.2, 0) is 14.8 Å². The first-order chi connectivity index (χ1) is 9.98. The fourth-order valence-electron chi connectivity index (χ4n) is 1.61. The maximum atomic E-state index is 11.9. The summed E-state index contributed by atoms with van der Waals surface area (Å²) in [6.45, 7) is 4.34. The predicted octanol–water partition coefficient (Wildman–Crippen LogP) is 1.51. The Labute approximate surface area is 126 Å². The molecule has 0 aliphatic heterocycles. The van der Waals surface area contributed by atoms with E-state index in [0.717, 1.165) is 11.1 Å². The number of ether oxygens (including phenoxy) is 1. The van der Waals surface area contributed by atoms with E-state index in [9.17, 15) is 8.42 Å². The zero-order chi connectivity index (χ0) is 15.7. The normalized spacial score (nSPS) is 10.8. The van der Waals surface area contributed by atoms with E-state index in [1.54, 1.807) is 12.1 Å². The number of aliphatic hydroxyl groups is 1. The molecule has 0 unspecified atom stereocenters. The maximum absolute atomic E-state index is 11.9. The van der Waals surface area contributed by atoms with E-state index in [1.807, 2.05) is 19.9 Å². The molecule has 0 saturated heterocycles. The molecule has 0 amide bonds. The molecule has 0 spiro atoms. The number of nitrogens with one attached hydrogen (secondary N) is 1. The number of benzene rings is 1. The number of sulfonamides is 1. The Bertz CT molecular complexity index is 614. The smallest absolute Gasteiger partial charge is 0.235 e. The van der Waals surface area contributed by atoms with E-state index in [0.29, 0.717) is 18.7 Å². The van der Waals surface area contributed by atoms with Crippen LogP contribution < -0.4 is 4.72 Å². The highest BCUT2D eigenvalue weighted by molar-refractivity contribution is 7.92. The van der Waals surface area contributed by atoms with Crippen LogP contribution in [-0.4, -0.2) is 39.1 Å². The van der Waals surface area contributed by atoms with Gasteiger partial charge in [0.2, 0.25) is 10.0 Å². The Morgan fingerprint density at radius 2 is 2.14 bits per heavy atom. The summed E-state index contributed by atoms with van der Waals surface area (Å²) >= 11 is 0. The Hall–Kier alpha value is -1.55. The fourth-order valence-corrected chi connectivity index (χ4v) is 2.61. The van der Waals surface area contributed by atoms with E-state index in [2.05, 4.69) is 16.6 Å². The highest BCUT2D eigenvalue weighted by atomic mass is 32.2. The van der Waals surface area contributed by atoms with E-state index in [-0.39, 0.29) is 19.0 Å². The fraction of sp³-hybridized carbons (Fsp3) is 0.467. The van der Waals surface area contributed by atoms with Gasteiger partial charge in [-0.05, 0) is 37.6 Å². The van der Waals surface area contributed by atoms with Crippen LogP contribution in [0.5, 0.6) is 0 Å². The van der Waals surface area contributed by atoms with Crippen LogP contribution in [0.2, 0.25) is 0 Å². The molecule has 0 heterocycles. The Balaban J connectivity index is 2.75. The lowest BCUT2D eigenvalue weighted by molar-refractivity contribution is 0.163. The minimum Gasteiger partial charge on any atom is -0.395 e. The van der Waals surface area contributed by atoms with Gasteiger partial charge in [-0.3, -0.25) is 4.72 Å². The monoisotopic (exact) mass is 311 g/mol. The van der Waals surface area contributed by atoms with Gasteiger partial charge in [-0.2, -0.15) is 0 Å². The molecular formula is C15H21NO4S. The number of anilines is 1. The number of aryl methyl sites for hydroxylation is 1. The molecule has 0 bridgehead atoms. The van der Waals surface area contributed by atoms with Crippen molar-refractivity contribution in [2.24, 2.45) is 0 Å². The summed E-state index contributed by atoms with van der Waals surface area (Å²) in [6, 6.07) is 5.25. The minimum absolute atomic E-state index is 0.0314. The second kappa shape index (κ2) is 8.67. The van der Waals surface area contributed by atoms with Crippen LogP contribution in [0.4, 0.5) is 5.69 Å². The average molecular weight is 311 g/mol. The van der Waals surface area contributed by atoms with Crippen molar-refractivity contribution in [1.29, 1.82) is 0 Å². The topological polar surface area (TPSA) is 75.6 Å². The molecule has 0 saturated carbocycles. The lowest BCUT2D eigenvalue weighted by atomic mass is 10.1. The van der Waals surface area contributed by atoms with Crippen LogP contribution in [0.15, 0.2) is 18.2 Å². The lowest BCUT2D eigenvalue weighted by Crippen LogP contribution is -2.20. The summed E-state index contributed by atoms with van der Waals surface area (Å²) in [6.07, 6.45) is 0.421. The van der Waals surface area contributed by atoms with Crippen molar-refractivity contribution in [1.82, 2.24) is 0 Å². The summed E-state index contributed by atoms with van der Waals surface area (Å²) in [5.41, 5.74) is 2.13. The van der Waals surface area contributed by atoms with Crippen molar-refractivity contribution in [3.8, 4) is 11.8 Å². The zero-order valence-corrected chi connectivity index (χ0v) is 13.2. The van der Waals surface area contributed by atoms with Crippen LogP contribution in [0.1, 0.15) is 24.5 Å². The molecule has 0 aromatic heterocycles. The predicted molar refractivity (Wildman–Crippen MR) is 83.7 cm³/mol. The standard InChI is InChI=1S/C15H21NO4S/c1-3-20-10-11-21(18,19)16-15-8-7-14(12-13(15)2)6-4-5-9-17/h7-8,12,16-17H,3,5,9-11H2,1-2H3. The van der Waals surface area contributed by atoms with E-state index in [4.69, 9.17) is 9.84 Å². The number of aliphatic hydroxyl groups excluding tert-OH is 1. The Morgan fingerprint density at radius 3 is 2.76 bits per heavy atom. The van der Waals surface area contributed by atoms with E-state index < -0.39 is 10.0 Å². The van der Waals surface area contributed by atoms with Gasteiger partial charge in [-0.25, -0.2) is 8.42 Å². The summed E-state index contributed by atoms with van der Waals surface area (Å²) in [7, 11) is -3.41.